The molecule has 0 aromatic carbocycles. The smallest absolute Gasteiger partial charge is 0.0462 e. The molecule has 0 spiro atoms. The van der Waals surface area contributed by atoms with Crippen molar-refractivity contribution in [2.45, 2.75) is 39.5 Å². The third-order valence-electron chi connectivity index (χ3n) is 2.59. The van der Waals surface area contributed by atoms with Crippen molar-refractivity contribution >= 4 is 0 Å². The molecule has 1 saturated heterocycles. The Hall–Kier alpha value is -0.550. The predicted octanol–water partition coefficient (Wildman–Crippen LogP) is 2.66. The molecule has 1 atom stereocenters. The van der Waals surface area contributed by atoms with E-state index in [9.17, 15) is 0 Å². The summed E-state index contributed by atoms with van der Waals surface area (Å²) < 4.78 is 0. The minimum Gasteiger partial charge on any atom is -0.303 e. The SMILES string of the molecule is C#N.CCCCCN1CCC(C)C1. The summed E-state index contributed by atoms with van der Waals surface area (Å²) in [6.07, 6.45) is 5.59. The monoisotopic (exact) mass is 182 g/mol. The zero-order valence-electron chi connectivity index (χ0n) is 9.00. The van der Waals surface area contributed by atoms with Crippen molar-refractivity contribution in [3.63, 3.8) is 0 Å². The van der Waals surface area contributed by atoms with Gasteiger partial charge in [0.05, 0.1) is 0 Å². The van der Waals surface area contributed by atoms with Crippen LogP contribution in [0.5, 0.6) is 0 Å². The van der Waals surface area contributed by atoms with Crippen molar-refractivity contribution in [1.29, 1.82) is 5.26 Å². The van der Waals surface area contributed by atoms with Gasteiger partial charge in [0.1, 0.15) is 0 Å². The molecule has 0 bridgehead atoms. The molecule has 76 valence electrons. The fraction of sp³-hybridized carbons (Fsp3) is 0.909. The van der Waals surface area contributed by atoms with Crippen LogP contribution in [0.1, 0.15) is 39.5 Å². The second kappa shape index (κ2) is 8.07. The summed E-state index contributed by atoms with van der Waals surface area (Å²) in [4.78, 5) is 2.61. The molecule has 13 heavy (non-hydrogen) atoms. The van der Waals surface area contributed by atoms with Crippen molar-refractivity contribution in [2.24, 2.45) is 5.92 Å². The van der Waals surface area contributed by atoms with Crippen molar-refractivity contribution in [3.05, 3.63) is 0 Å². The van der Waals surface area contributed by atoms with Gasteiger partial charge in [-0.05, 0) is 31.8 Å². The van der Waals surface area contributed by atoms with Crippen molar-refractivity contribution in [1.82, 2.24) is 4.90 Å². The number of rotatable bonds is 4. The summed E-state index contributed by atoms with van der Waals surface area (Å²) in [7, 11) is 0. The molecule has 1 aliphatic rings. The number of hydrogen-bond donors (Lipinski definition) is 0. The molecule has 0 radical (unpaired) electrons. The van der Waals surface area contributed by atoms with E-state index < -0.39 is 0 Å². The molecule has 0 aliphatic carbocycles. The van der Waals surface area contributed by atoms with E-state index in [0.29, 0.717) is 0 Å². The molecule has 1 rings (SSSR count). The molecule has 0 N–H and O–H groups in total. The first-order chi connectivity index (χ1) is 6.33. The lowest BCUT2D eigenvalue weighted by Crippen LogP contribution is -2.21. The highest BCUT2D eigenvalue weighted by Crippen LogP contribution is 2.15. The van der Waals surface area contributed by atoms with Gasteiger partial charge in [0, 0.05) is 13.1 Å². The largest absolute Gasteiger partial charge is 0.303 e. The third-order valence-corrected chi connectivity index (χ3v) is 2.59. The lowest BCUT2D eigenvalue weighted by atomic mass is 10.2. The fourth-order valence-corrected chi connectivity index (χ4v) is 1.81. The van der Waals surface area contributed by atoms with Crippen LogP contribution in [0.3, 0.4) is 0 Å². The van der Waals surface area contributed by atoms with Gasteiger partial charge in [-0.15, -0.1) is 0 Å². The summed E-state index contributed by atoms with van der Waals surface area (Å²) in [6.45, 7) is 12.2. The van der Waals surface area contributed by atoms with Crippen molar-refractivity contribution in [3.8, 4) is 6.57 Å². The van der Waals surface area contributed by atoms with E-state index in [1.165, 1.54) is 45.3 Å². The topological polar surface area (TPSA) is 27.0 Å². The first-order valence-electron chi connectivity index (χ1n) is 5.31. The molecule has 1 heterocycles. The van der Waals surface area contributed by atoms with E-state index in [4.69, 9.17) is 5.26 Å². The van der Waals surface area contributed by atoms with Gasteiger partial charge in [-0.25, -0.2) is 5.26 Å². The molecule has 1 unspecified atom stereocenters. The van der Waals surface area contributed by atoms with Gasteiger partial charge in [-0.3, -0.25) is 0 Å². The molecule has 0 amide bonds. The maximum atomic E-state index is 6.50. The van der Waals surface area contributed by atoms with E-state index in [0.717, 1.165) is 5.92 Å². The molecular weight excluding hydrogens is 160 g/mol. The van der Waals surface area contributed by atoms with Crippen LogP contribution in [-0.4, -0.2) is 24.5 Å². The Morgan fingerprint density at radius 1 is 1.38 bits per heavy atom. The van der Waals surface area contributed by atoms with Crippen LogP contribution in [0, 0.1) is 17.8 Å². The van der Waals surface area contributed by atoms with E-state index in [1.807, 2.05) is 0 Å². The van der Waals surface area contributed by atoms with Crippen LogP contribution in [0.2, 0.25) is 0 Å². The maximum Gasteiger partial charge on any atom is 0.0462 e. The first kappa shape index (κ1) is 12.4. The molecule has 0 aromatic heterocycles. The van der Waals surface area contributed by atoms with E-state index in [2.05, 4.69) is 25.3 Å². The Morgan fingerprint density at radius 2 is 2.08 bits per heavy atom. The Balaban J connectivity index is 0.000000671. The summed E-state index contributed by atoms with van der Waals surface area (Å²) in [5.41, 5.74) is 0. The van der Waals surface area contributed by atoms with Gasteiger partial charge in [-0.1, -0.05) is 26.7 Å². The Labute approximate surface area is 82.5 Å². The molecular formula is C11H22N2. The van der Waals surface area contributed by atoms with Crippen LogP contribution in [0.4, 0.5) is 0 Å². The molecule has 2 heteroatoms. The lowest BCUT2D eigenvalue weighted by molar-refractivity contribution is 0.319. The number of nitriles is 1. The van der Waals surface area contributed by atoms with Crippen LogP contribution >= 0.6 is 0 Å². The minimum absolute atomic E-state index is 0.955. The first-order valence-corrected chi connectivity index (χ1v) is 5.31. The standard InChI is InChI=1S/C10H21N.CHN/c1-3-4-5-7-11-8-6-10(2)9-11;1-2/h10H,3-9H2,1-2H3;1H. The van der Waals surface area contributed by atoms with Gasteiger partial charge in [-0.2, -0.15) is 0 Å². The zero-order valence-corrected chi connectivity index (χ0v) is 9.00. The van der Waals surface area contributed by atoms with Crippen LogP contribution in [0.25, 0.3) is 0 Å². The summed E-state index contributed by atoms with van der Waals surface area (Å²) in [5.74, 6) is 0.955. The molecule has 0 saturated carbocycles. The van der Waals surface area contributed by atoms with Gasteiger partial charge < -0.3 is 4.90 Å². The summed E-state index contributed by atoms with van der Waals surface area (Å²) in [6, 6.07) is 0. The highest BCUT2D eigenvalue weighted by molar-refractivity contribution is 4.71. The zero-order chi connectivity index (χ0) is 10.1. The van der Waals surface area contributed by atoms with E-state index in [-0.39, 0.29) is 0 Å². The number of hydrogen-bond acceptors (Lipinski definition) is 2. The quantitative estimate of drug-likeness (QED) is 0.625. The Morgan fingerprint density at radius 3 is 2.54 bits per heavy atom. The highest BCUT2D eigenvalue weighted by atomic mass is 15.1. The van der Waals surface area contributed by atoms with E-state index >= 15 is 0 Å². The predicted molar refractivity (Wildman–Crippen MR) is 56.4 cm³/mol. The third kappa shape index (κ3) is 5.65. The maximum absolute atomic E-state index is 6.50. The van der Waals surface area contributed by atoms with Crippen molar-refractivity contribution in [2.75, 3.05) is 19.6 Å². The molecule has 0 aromatic rings. The summed E-state index contributed by atoms with van der Waals surface area (Å²) in [5, 5.41) is 6.50. The van der Waals surface area contributed by atoms with Gasteiger partial charge in [0.15, 0.2) is 0 Å². The second-order valence-corrected chi connectivity index (χ2v) is 3.90. The average molecular weight is 182 g/mol. The number of nitrogens with zero attached hydrogens (tertiary/aromatic N) is 2. The van der Waals surface area contributed by atoms with E-state index in [1.54, 1.807) is 0 Å². The lowest BCUT2D eigenvalue weighted by Gasteiger charge is -2.14. The van der Waals surface area contributed by atoms with Crippen LogP contribution < -0.4 is 0 Å². The number of unbranched alkanes of at least 4 members (excludes halogenated alkanes) is 2. The van der Waals surface area contributed by atoms with Gasteiger partial charge >= 0.3 is 0 Å². The highest BCUT2D eigenvalue weighted by Gasteiger charge is 2.16. The minimum atomic E-state index is 0.955. The van der Waals surface area contributed by atoms with Crippen LogP contribution in [0.15, 0.2) is 0 Å². The molecule has 1 aliphatic heterocycles. The molecule has 1 fully saturated rings. The molecule has 2 nitrogen and oxygen atoms in total. The Bertz CT molecular complexity index is 131. The number of likely N-dealkylation sites (tertiary alicyclic amines) is 1. The normalized spacial score (nSPS) is 22.3. The average Bonchev–Trinajstić information content (AvgIpc) is 2.56. The van der Waals surface area contributed by atoms with Gasteiger partial charge in [0.2, 0.25) is 0 Å². The van der Waals surface area contributed by atoms with Gasteiger partial charge in [0.25, 0.3) is 0 Å². The summed E-state index contributed by atoms with van der Waals surface area (Å²) >= 11 is 0. The fourth-order valence-electron chi connectivity index (χ4n) is 1.81. The Kier molecular flexibility index (Phi) is 7.73. The van der Waals surface area contributed by atoms with Crippen LogP contribution in [-0.2, 0) is 0 Å². The van der Waals surface area contributed by atoms with Crippen molar-refractivity contribution < 1.29 is 0 Å². The second-order valence-electron chi connectivity index (χ2n) is 3.90.